The fraction of sp³-hybridized carbons (Fsp3) is 0.333. The standard InChI is InChI=1S/C12H15N5OS.2ClH/c1-13-5-6-17(2)12(18)10-8-19-11(16-10)9-7-14-3-4-15-9;;/h3-4,7-8,13H,5-6H2,1-2H3;2*1H. The summed E-state index contributed by atoms with van der Waals surface area (Å²) in [5.41, 5.74) is 1.13. The van der Waals surface area contributed by atoms with Crippen LogP contribution in [0.4, 0.5) is 0 Å². The van der Waals surface area contributed by atoms with Crippen LogP contribution < -0.4 is 5.32 Å². The average Bonchev–Trinajstić information content (AvgIpc) is 2.94. The van der Waals surface area contributed by atoms with E-state index in [1.807, 2.05) is 7.05 Å². The predicted octanol–water partition coefficient (Wildman–Crippen LogP) is 1.74. The molecule has 0 spiro atoms. The molecule has 0 saturated carbocycles. The number of hydrogen-bond acceptors (Lipinski definition) is 6. The Morgan fingerprint density at radius 2 is 2.14 bits per heavy atom. The Morgan fingerprint density at radius 3 is 2.76 bits per heavy atom. The zero-order valence-corrected chi connectivity index (χ0v) is 14.1. The Kier molecular flexibility index (Phi) is 9.03. The van der Waals surface area contributed by atoms with E-state index in [-0.39, 0.29) is 30.7 Å². The van der Waals surface area contributed by atoms with E-state index >= 15 is 0 Å². The normalized spacial score (nSPS) is 9.43. The largest absolute Gasteiger partial charge is 0.339 e. The summed E-state index contributed by atoms with van der Waals surface area (Å²) in [6.45, 7) is 1.40. The molecule has 9 heteroatoms. The van der Waals surface area contributed by atoms with Crippen LogP contribution in [-0.4, -0.2) is 52.9 Å². The van der Waals surface area contributed by atoms with E-state index in [2.05, 4.69) is 20.3 Å². The van der Waals surface area contributed by atoms with Crippen LogP contribution in [0.3, 0.4) is 0 Å². The lowest BCUT2D eigenvalue weighted by Gasteiger charge is -2.15. The van der Waals surface area contributed by atoms with Gasteiger partial charge in [0.25, 0.3) is 5.91 Å². The molecule has 0 fully saturated rings. The SMILES string of the molecule is CNCCN(C)C(=O)c1csc(-c2cnccn2)n1.Cl.Cl. The van der Waals surface area contributed by atoms with Crippen molar-refractivity contribution < 1.29 is 4.79 Å². The first-order valence-electron chi connectivity index (χ1n) is 5.84. The summed E-state index contributed by atoms with van der Waals surface area (Å²) in [6.07, 6.45) is 4.85. The second kappa shape index (κ2) is 9.62. The van der Waals surface area contributed by atoms with Gasteiger partial charge in [-0.15, -0.1) is 36.2 Å². The molecule has 0 unspecified atom stereocenters. The molecule has 0 saturated heterocycles. The van der Waals surface area contributed by atoms with Crippen molar-refractivity contribution in [3.05, 3.63) is 29.7 Å². The number of halogens is 2. The molecule has 1 N–H and O–H groups in total. The molecule has 2 aromatic heterocycles. The molecule has 21 heavy (non-hydrogen) atoms. The molecule has 0 aliphatic heterocycles. The summed E-state index contributed by atoms with van der Waals surface area (Å²) in [4.78, 5) is 26.2. The summed E-state index contributed by atoms with van der Waals surface area (Å²) in [6, 6.07) is 0. The number of carbonyl (C=O) groups excluding carboxylic acids is 1. The van der Waals surface area contributed by atoms with Crippen molar-refractivity contribution in [1.29, 1.82) is 0 Å². The summed E-state index contributed by atoms with van der Waals surface area (Å²) < 4.78 is 0. The molecule has 2 rings (SSSR count). The van der Waals surface area contributed by atoms with Crippen molar-refractivity contribution in [3.63, 3.8) is 0 Å². The highest BCUT2D eigenvalue weighted by Crippen LogP contribution is 2.21. The quantitative estimate of drug-likeness (QED) is 0.889. The minimum absolute atomic E-state index is 0. The van der Waals surface area contributed by atoms with Crippen LogP contribution >= 0.6 is 36.2 Å². The number of nitrogens with one attached hydrogen (secondary N) is 1. The summed E-state index contributed by atoms with van der Waals surface area (Å²) in [5, 5.41) is 5.47. The van der Waals surface area contributed by atoms with Crippen molar-refractivity contribution in [2.45, 2.75) is 0 Å². The fourth-order valence-electron chi connectivity index (χ4n) is 1.48. The lowest BCUT2D eigenvalue weighted by molar-refractivity contribution is 0.0792. The van der Waals surface area contributed by atoms with Gasteiger partial charge in [-0.3, -0.25) is 14.8 Å². The molecule has 6 nitrogen and oxygen atoms in total. The van der Waals surface area contributed by atoms with Gasteiger partial charge < -0.3 is 10.2 Å². The van der Waals surface area contributed by atoms with Crippen LogP contribution in [0, 0.1) is 0 Å². The molecule has 0 bridgehead atoms. The topological polar surface area (TPSA) is 71.0 Å². The minimum atomic E-state index is -0.0818. The smallest absolute Gasteiger partial charge is 0.273 e. The van der Waals surface area contributed by atoms with Crippen LogP contribution in [0.25, 0.3) is 10.7 Å². The van der Waals surface area contributed by atoms with Crippen molar-refractivity contribution in [3.8, 4) is 10.7 Å². The number of aromatic nitrogens is 3. The zero-order chi connectivity index (χ0) is 13.7. The lowest BCUT2D eigenvalue weighted by Crippen LogP contribution is -2.32. The van der Waals surface area contributed by atoms with E-state index in [4.69, 9.17) is 0 Å². The summed E-state index contributed by atoms with van der Waals surface area (Å²) in [7, 11) is 3.62. The van der Waals surface area contributed by atoms with Crippen LogP contribution in [-0.2, 0) is 0 Å². The van der Waals surface area contributed by atoms with Crippen molar-refractivity contribution in [2.75, 3.05) is 27.2 Å². The van der Waals surface area contributed by atoms with E-state index in [0.29, 0.717) is 22.9 Å². The van der Waals surface area contributed by atoms with Gasteiger partial charge in [0, 0.05) is 37.9 Å². The van der Waals surface area contributed by atoms with E-state index < -0.39 is 0 Å². The maximum absolute atomic E-state index is 12.1. The van der Waals surface area contributed by atoms with Crippen LogP contribution in [0.1, 0.15) is 10.5 Å². The number of nitrogens with zero attached hydrogens (tertiary/aromatic N) is 4. The van der Waals surface area contributed by atoms with Gasteiger partial charge in [0.1, 0.15) is 16.4 Å². The zero-order valence-electron chi connectivity index (χ0n) is 11.6. The van der Waals surface area contributed by atoms with Gasteiger partial charge in [-0.05, 0) is 7.05 Å². The maximum atomic E-state index is 12.1. The van der Waals surface area contributed by atoms with Gasteiger partial charge in [-0.1, -0.05) is 0 Å². The third kappa shape index (κ3) is 5.20. The highest BCUT2D eigenvalue weighted by molar-refractivity contribution is 7.13. The predicted molar refractivity (Wildman–Crippen MR) is 88.5 cm³/mol. The molecule has 2 aromatic rings. The number of hydrogen-bond donors (Lipinski definition) is 1. The first-order chi connectivity index (χ1) is 9.22. The molecule has 0 aromatic carbocycles. The number of likely N-dealkylation sites (N-methyl/N-ethyl adjacent to an activating group) is 2. The van der Waals surface area contributed by atoms with Gasteiger partial charge in [0.2, 0.25) is 0 Å². The maximum Gasteiger partial charge on any atom is 0.273 e. The lowest BCUT2D eigenvalue weighted by atomic mass is 10.4. The third-order valence-electron chi connectivity index (χ3n) is 2.55. The van der Waals surface area contributed by atoms with Gasteiger partial charge in [-0.2, -0.15) is 0 Å². The molecular formula is C12H17Cl2N5OS. The highest BCUT2D eigenvalue weighted by Gasteiger charge is 2.16. The van der Waals surface area contributed by atoms with Crippen molar-refractivity contribution in [1.82, 2.24) is 25.2 Å². The Balaban J connectivity index is 0.00000200. The van der Waals surface area contributed by atoms with Crippen LogP contribution in [0.5, 0.6) is 0 Å². The Labute approximate surface area is 139 Å². The van der Waals surface area contributed by atoms with Gasteiger partial charge in [0.05, 0.1) is 6.20 Å². The molecular weight excluding hydrogens is 333 g/mol. The molecule has 0 aliphatic rings. The average molecular weight is 350 g/mol. The molecule has 1 amide bonds. The molecule has 2 heterocycles. The Morgan fingerprint density at radius 1 is 1.38 bits per heavy atom. The van der Waals surface area contributed by atoms with E-state index in [1.165, 1.54) is 11.3 Å². The number of rotatable bonds is 5. The van der Waals surface area contributed by atoms with Crippen LogP contribution in [0.15, 0.2) is 24.0 Å². The number of thiazole rings is 1. The Bertz CT molecular complexity index is 552. The number of amides is 1. The molecule has 0 atom stereocenters. The molecule has 0 aliphatic carbocycles. The first-order valence-corrected chi connectivity index (χ1v) is 6.72. The first kappa shape index (κ1) is 19.7. The van der Waals surface area contributed by atoms with Gasteiger partial charge >= 0.3 is 0 Å². The second-order valence-electron chi connectivity index (χ2n) is 3.96. The summed E-state index contributed by atoms with van der Waals surface area (Å²) >= 11 is 1.40. The minimum Gasteiger partial charge on any atom is -0.339 e. The van der Waals surface area contributed by atoms with Crippen molar-refractivity contribution >= 4 is 42.1 Å². The third-order valence-corrected chi connectivity index (χ3v) is 3.41. The second-order valence-corrected chi connectivity index (χ2v) is 4.82. The Hall–Kier alpha value is -1.28. The molecule has 0 radical (unpaired) electrons. The van der Waals surface area contributed by atoms with E-state index in [9.17, 15) is 4.79 Å². The fourth-order valence-corrected chi connectivity index (χ4v) is 2.23. The monoisotopic (exact) mass is 349 g/mol. The van der Waals surface area contributed by atoms with Gasteiger partial charge in [-0.25, -0.2) is 4.98 Å². The van der Waals surface area contributed by atoms with E-state index in [1.54, 1.807) is 35.9 Å². The van der Waals surface area contributed by atoms with Gasteiger partial charge in [0.15, 0.2) is 0 Å². The summed E-state index contributed by atoms with van der Waals surface area (Å²) in [5.74, 6) is -0.0818. The van der Waals surface area contributed by atoms with Crippen LogP contribution in [0.2, 0.25) is 0 Å². The number of carbonyl (C=O) groups is 1. The highest BCUT2D eigenvalue weighted by atomic mass is 35.5. The van der Waals surface area contributed by atoms with E-state index in [0.717, 1.165) is 6.54 Å². The molecule has 116 valence electrons. The van der Waals surface area contributed by atoms with Crippen molar-refractivity contribution in [2.24, 2.45) is 0 Å².